The molecule has 0 aromatic carbocycles. The van der Waals surface area contributed by atoms with Crippen LogP contribution in [0.2, 0.25) is 0 Å². The maximum Gasteiger partial charge on any atom is 0.0947 e. The minimum absolute atomic E-state index is 0.0763. The van der Waals surface area contributed by atoms with Crippen LogP contribution >= 0.6 is 0 Å². The Hall–Kier alpha value is -1.69. The molecule has 5 nitrogen and oxygen atoms in total. The zero-order valence-electron chi connectivity index (χ0n) is 15.3. The molecule has 0 radical (unpaired) electrons. The molecule has 1 spiro atoms. The average molecular weight is 356 g/mol. The molecule has 4 rings (SSSR count). The smallest absolute Gasteiger partial charge is 0.0947 e. The topological polar surface area (TPSA) is 47.7 Å². The highest BCUT2D eigenvalue weighted by molar-refractivity contribution is 5.08. The lowest BCUT2D eigenvalue weighted by molar-refractivity contribution is -0.0733. The Bertz CT molecular complexity index is 651. The molecule has 5 heteroatoms. The third-order valence-electron chi connectivity index (χ3n) is 5.92. The summed E-state index contributed by atoms with van der Waals surface area (Å²) in [6.45, 7) is 5.54. The quantitative estimate of drug-likeness (QED) is 0.709. The van der Waals surface area contributed by atoms with Gasteiger partial charge in [-0.2, -0.15) is 0 Å². The normalized spacial score (nSPS) is 22.8. The summed E-state index contributed by atoms with van der Waals surface area (Å²) in [5.74, 6) is 0.621. The monoisotopic (exact) mass is 356 g/mol. The number of pyridine rings is 1. The lowest BCUT2D eigenvalue weighted by Gasteiger charge is -2.42. The number of aromatic nitrogens is 1. The van der Waals surface area contributed by atoms with Crippen LogP contribution in [-0.2, 0) is 22.6 Å². The van der Waals surface area contributed by atoms with E-state index in [2.05, 4.69) is 16.0 Å². The van der Waals surface area contributed by atoms with Crippen molar-refractivity contribution in [3.63, 3.8) is 0 Å². The first-order valence-corrected chi connectivity index (χ1v) is 9.68. The van der Waals surface area contributed by atoms with Gasteiger partial charge in [-0.3, -0.25) is 9.88 Å². The number of likely N-dealkylation sites (tertiary alicyclic amines) is 1. The van der Waals surface area contributed by atoms with Crippen molar-refractivity contribution < 1.29 is 13.9 Å². The summed E-state index contributed by atoms with van der Waals surface area (Å²) in [6, 6.07) is 6.07. The van der Waals surface area contributed by atoms with Gasteiger partial charge in [0.15, 0.2) is 0 Å². The number of hydrogen-bond donors (Lipinski definition) is 0. The van der Waals surface area contributed by atoms with E-state index < -0.39 is 0 Å². The van der Waals surface area contributed by atoms with Crippen molar-refractivity contribution in [2.75, 3.05) is 26.3 Å². The van der Waals surface area contributed by atoms with Gasteiger partial charge in [-0.15, -0.1) is 0 Å². The summed E-state index contributed by atoms with van der Waals surface area (Å²) in [6.07, 6.45) is 11.7. The summed E-state index contributed by atoms with van der Waals surface area (Å²) >= 11 is 0. The van der Waals surface area contributed by atoms with Gasteiger partial charge < -0.3 is 13.9 Å². The molecule has 140 valence electrons. The standard InChI is InChI=1S/C21H28N2O3/c1-8-22-9-2-18(1)16-25-13-4-20-5-14-26-21(20)6-10-23(11-7-21)15-19-3-12-24-17-19/h1-3,8-9,12,17,20H,4-7,10-11,13-16H2/t20-/m0/s1. The molecule has 26 heavy (non-hydrogen) atoms. The van der Waals surface area contributed by atoms with E-state index in [0.29, 0.717) is 12.5 Å². The average Bonchev–Trinajstić information content (AvgIpc) is 3.32. The van der Waals surface area contributed by atoms with Crippen molar-refractivity contribution >= 4 is 0 Å². The van der Waals surface area contributed by atoms with E-state index in [9.17, 15) is 0 Å². The Morgan fingerprint density at radius 1 is 1.15 bits per heavy atom. The Labute approximate surface area is 155 Å². The summed E-state index contributed by atoms with van der Waals surface area (Å²) in [5, 5.41) is 0. The van der Waals surface area contributed by atoms with Crippen molar-refractivity contribution in [2.24, 2.45) is 5.92 Å². The minimum atomic E-state index is 0.0763. The van der Waals surface area contributed by atoms with E-state index in [1.807, 2.05) is 30.8 Å². The molecule has 0 amide bonds. The summed E-state index contributed by atoms with van der Waals surface area (Å²) in [7, 11) is 0. The SMILES string of the molecule is c1cc(COCC[C@H]2CCOC23CCN(Cc2ccoc2)CC3)ccn1. The minimum Gasteiger partial charge on any atom is -0.472 e. The molecule has 0 saturated carbocycles. The van der Waals surface area contributed by atoms with E-state index in [4.69, 9.17) is 13.9 Å². The van der Waals surface area contributed by atoms with Crippen LogP contribution in [0.4, 0.5) is 0 Å². The van der Waals surface area contributed by atoms with E-state index in [-0.39, 0.29) is 5.60 Å². The van der Waals surface area contributed by atoms with Gasteiger partial charge in [0.05, 0.1) is 24.7 Å². The predicted octanol–water partition coefficient (Wildman–Crippen LogP) is 3.65. The van der Waals surface area contributed by atoms with Crippen LogP contribution in [-0.4, -0.2) is 41.8 Å². The van der Waals surface area contributed by atoms with Gasteiger partial charge >= 0.3 is 0 Å². The second-order valence-electron chi connectivity index (χ2n) is 7.50. The van der Waals surface area contributed by atoms with Crippen molar-refractivity contribution in [1.29, 1.82) is 0 Å². The van der Waals surface area contributed by atoms with E-state index in [0.717, 1.165) is 52.1 Å². The number of hydrogen-bond acceptors (Lipinski definition) is 5. The lowest BCUT2D eigenvalue weighted by atomic mass is 9.78. The fourth-order valence-corrected chi connectivity index (χ4v) is 4.37. The number of rotatable bonds is 7. The van der Waals surface area contributed by atoms with Crippen LogP contribution in [0, 0.1) is 5.92 Å². The van der Waals surface area contributed by atoms with Crippen LogP contribution in [0.3, 0.4) is 0 Å². The molecule has 1 atom stereocenters. The molecule has 4 heterocycles. The molecule has 2 fully saturated rings. The summed E-state index contributed by atoms with van der Waals surface area (Å²) < 4.78 is 17.4. The van der Waals surface area contributed by atoms with Gasteiger partial charge in [0, 0.05) is 50.8 Å². The number of piperidine rings is 1. The Kier molecular flexibility index (Phi) is 5.68. The largest absolute Gasteiger partial charge is 0.472 e. The number of nitrogens with zero attached hydrogens (tertiary/aromatic N) is 2. The molecule has 0 aliphatic carbocycles. The Balaban J connectivity index is 1.23. The Morgan fingerprint density at radius 2 is 2.00 bits per heavy atom. The van der Waals surface area contributed by atoms with Crippen molar-refractivity contribution in [3.05, 3.63) is 54.2 Å². The van der Waals surface area contributed by atoms with Crippen LogP contribution in [0.15, 0.2) is 47.5 Å². The van der Waals surface area contributed by atoms with Crippen LogP contribution in [0.25, 0.3) is 0 Å². The highest BCUT2D eigenvalue weighted by Crippen LogP contribution is 2.42. The van der Waals surface area contributed by atoms with Crippen LogP contribution in [0.5, 0.6) is 0 Å². The maximum atomic E-state index is 6.28. The lowest BCUT2D eigenvalue weighted by Crippen LogP contribution is -2.47. The first-order valence-electron chi connectivity index (χ1n) is 9.68. The highest BCUT2D eigenvalue weighted by atomic mass is 16.5. The molecular weight excluding hydrogens is 328 g/mol. The van der Waals surface area contributed by atoms with Crippen molar-refractivity contribution in [2.45, 2.75) is 44.4 Å². The zero-order valence-corrected chi connectivity index (χ0v) is 15.3. The van der Waals surface area contributed by atoms with Gasteiger partial charge in [-0.1, -0.05) is 0 Å². The van der Waals surface area contributed by atoms with Gasteiger partial charge in [0.25, 0.3) is 0 Å². The third-order valence-corrected chi connectivity index (χ3v) is 5.92. The molecule has 2 aliphatic heterocycles. The Morgan fingerprint density at radius 3 is 2.77 bits per heavy atom. The molecule has 0 N–H and O–H groups in total. The highest BCUT2D eigenvalue weighted by Gasteiger charge is 2.45. The van der Waals surface area contributed by atoms with Crippen LogP contribution < -0.4 is 0 Å². The third kappa shape index (κ3) is 4.17. The summed E-state index contributed by atoms with van der Waals surface area (Å²) in [4.78, 5) is 6.55. The van der Waals surface area contributed by atoms with E-state index in [1.54, 1.807) is 6.26 Å². The van der Waals surface area contributed by atoms with Gasteiger partial charge in [0.2, 0.25) is 0 Å². The summed E-state index contributed by atoms with van der Waals surface area (Å²) in [5.41, 5.74) is 2.52. The fourth-order valence-electron chi connectivity index (χ4n) is 4.37. The van der Waals surface area contributed by atoms with Gasteiger partial charge in [-0.05, 0) is 55.4 Å². The van der Waals surface area contributed by atoms with E-state index >= 15 is 0 Å². The maximum absolute atomic E-state index is 6.28. The zero-order chi connectivity index (χ0) is 17.7. The van der Waals surface area contributed by atoms with E-state index in [1.165, 1.54) is 17.5 Å². The fraction of sp³-hybridized carbons (Fsp3) is 0.571. The second kappa shape index (κ2) is 8.33. The van der Waals surface area contributed by atoms with Crippen molar-refractivity contribution in [3.8, 4) is 0 Å². The molecule has 2 aromatic heterocycles. The van der Waals surface area contributed by atoms with Crippen LogP contribution in [0.1, 0.15) is 36.8 Å². The molecular formula is C21H28N2O3. The number of furan rings is 1. The molecule has 0 bridgehead atoms. The first kappa shape index (κ1) is 17.7. The molecule has 2 aromatic rings. The van der Waals surface area contributed by atoms with Gasteiger partial charge in [-0.25, -0.2) is 0 Å². The second-order valence-corrected chi connectivity index (χ2v) is 7.50. The number of ether oxygens (including phenoxy) is 2. The first-order chi connectivity index (χ1) is 12.8. The predicted molar refractivity (Wildman–Crippen MR) is 98.5 cm³/mol. The molecule has 2 aliphatic rings. The molecule has 2 saturated heterocycles. The van der Waals surface area contributed by atoms with Crippen molar-refractivity contribution in [1.82, 2.24) is 9.88 Å². The van der Waals surface area contributed by atoms with Gasteiger partial charge in [0.1, 0.15) is 0 Å². The molecule has 0 unspecified atom stereocenters.